The van der Waals surface area contributed by atoms with Gasteiger partial charge >= 0.3 is 5.97 Å². The maximum absolute atomic E-state index is 11.8. The molecule has 112 valence electrons. The standard InChI is InChI=1S/C14H21ClN2O3/c1-14(2,3)13(18)20-17-6-4-10(5-7-17)12-16-11(8-15)9-19-12/h9-10H,4-8H2,1-3H3. The summed E-state index contributed by atoms with van der Waals surface area (Å²) in [7, 11) is 0. The summed E-state index contributed by atoms with van der Waals surface area (Å²) in [5.74, 6) is 1.18. The maximum atomic E-state index is 11.8. The van der Waals surface area contributed by atoms with Crippen LogP contribution in [-0.4, -0.2) is 29.1 Å². The zero-order valence-electron chi connectivity index (χ0n) is 12.2. The molecule has 0 spiro atoms. The van der Waals surface area contributed by atoms with Gasteiger partial charge in [-0.1, -0.05) is 0 Å². The van der Waals surface area contributed by atoms with Crippen LogP contribution in [0.4, 0.5) is 0 Å². The molecule has 0 saturated carbocycles. The lowest BCUT2D eigenvalue weighted by Crippen LogP contribution is -2.38. The number of nitrogens with zero attached hydrogens (tertiary/aromatic N) is 2. The predicted molar refractivity (Wildman–Crippen MR) is 75.2 cm³/mol. The molecule has 0 radical (unpaired) electrons. The molecule has 1 aromatic rings. The molecule has 0 bridgehead atoms. The van der Waals surface area contributed by atoms with Crippen LogP contribution < -0.4 is 0 Å². The van der Waals surface area contributed by atoms with E-state index < -0.39 is 5.41 Å². The van der Waals surface area contributed by atoms with Crippen LogP contribution in [0.1, 0.15) is 51.1 Å². The van der Waals surface area contributed by atoms with Crippen molar-refractivity contribution >= 4 is 17.6 Å². The average molecular weight is 301 g/mol. The molecule has 0 unspecified atom stereocenters. The van der Waals surface area contributed by atoms with Crippen LogP contribution in [0.2, 0.25) is 0 Å². The normalized spacial score (nSPS) is 18.2. The van der Waals surface area contributed by atoms with Gasteiger partial charge < -0.3 is 9.25 Å². The van der Waals surface area contributed by atoms with Gasteiger partial charge in [-0.3, -0.25) is 0 Å². The first kappa shape index (κ1) is 15.3. The van der Waals surface area contributed by atoms with E-state index in [0.29, 0.717) is 19.0 Å². The van der Waals surface area contributed by atoms with Crippen molar-refractivity contribution in [3.63, 3.8) is 0 Å². The third-order valence-corrected chi connectivity index (χ3v) is 3.61. The van der Waals surface area contributed by atoms with E-state index in [2.05, 4.69) is 4.98 Å². The molecule has 0 amide bonds. The Bertz CT molecular complexity index is 459. The Balaban J connectivity index is 1.85. The number of hydrogen-bond donors (Lipinski definition) is 0. The third kappa shape index (κ3) is 3.73. The molecular weight excluding hydrogens is 280 g/mol. The lowest BCUT2D eigenvalue weighted by Gasteiger charge is -2.30. The predicted octanol–water partition coefficient (Wildman–Crippen LogP) is 3.10. The van der Waals surface area contributed by atoms with Crippen molar-refractivity contribution in [2.75, 3.05) is 13.1 Å². The Hall–Kier alpha value is -1.07. The first-order valence-electron chi connectivity index (χ1n) is 6.87. The van der Waals surface area contributed by atoms with Gasteiger partial charge in [0.2, 0.25) is 0 Å². The monoisotopic (exact) mass is 300 g/mol. The van der Waals surface area contributed by atoms with E-state index >= 15 is 0 Å². The van der Waals surface area contributed by atoms with Crippen molar-refractivity contribution in [3.05, 3.63) is 17.8 Å². The highest BCUT2D eigenvalue weighted by atomic mass is 35.5. The fourth-order valence-electron chi connectivity index (χ4n) is 2.02. The van der Waals surface area contributed by atoms with Gasteiger partial charge in [0.1, 0.15) is 6.26 Å². The smallest absolute Gasteiger partial charge is 0.330 e. The second-order valence-corrected chi connectivity index (χ2v) is 6.41. The Kier molecular flexibility index (Phi) is 4.70. The second-order valence-electron chi connectivity index (χ2n) is 6.14. The van der Waals surface area contributed by atoms with Gasteiger partial charge in [0.15, 0.2) is 5.89 Å². The summed E-state index contributed by atoms with van der Waals surface area (Å²) >= 11 is 5.71. The Morgan fingerprint density at radius 1 is 1.50 bits per heavy atom. The number of piperidine rings is 1. The minimum atomic E-state index is -0.478. The first-order valence-corrected chi connectivity index (χ1v) is 7.41. The lowest BCUT2D eigenvalue weighted by atomic mass is 9.97. The highest BCUT2D eigenvalue weighted by Crippen LogP contribution is 2.28. The summed E-state index contributed by atoms with van der Waals surface area (Å²) in [4.78, 5) is 21.6. The molecule has 2 rings (SSSR count). The number of hydrogen-bond acceptors (Lipinski definition) is 5. The van der Waals surface area contributed by atoms with Crippen LogP contribution in [0.15, 0.2) is 10.7 Å². The summed E-state index contributed by atoms with van der Waals surface area (Å²) in [5.41, 5.74) is 0.289. The van der Waals surface area contributed by atoms with Crippen LogP contribution in [0, 0.1) is 5.41 Å². The molecule has 1 aliphatic heterocycles. The number of carbonyl (C=O) groups excluding carboxylic acids is 1. The molecule has 6 heteroatoms. The molecule has 20 heavy (non-hydrogen) atoms. The molecule has 1 saturated heterocycles. The number of alkyl halides is 1. The maximum Gasteiger partial charge on any atom is 0.330 e. The van der Waals surface area contributed by atoms with Crippen LogP contribution in [0.3, 0.4) is 0 Å². The van der Waals surface area contributed by atoms with Gasteiger partial charge in [-0.15, -0.1) is 16.7 Å². The molecule has 0 aromatic carbocycles. The summed E-state index contributed by atoms with van der Waals surface area (Å²) < 4.78 is 5.44. The lowest BCUT2D eigenvalue weighted by molar-refractivity contribution is -0.204. The zero-order chi connectivity index (χ0) is 14.8. The topological polar surface area (TPSA) is 55.6 Å². The molecule has 1 aromatic heterocycles. The van der Waals surface area contributed by atoms with Crippen molar-refractivity contribution < 1.29 is 14.0 Å². The largest absolute Gasteiger partial charge is 0.448 e. The van der Waals surface area contributed by atoms with Gasteiger partial charge in [0, 0.05) is 19.0 Å². The van der Waals surface area contributed by atoms with E-state index in [4.69, 9.17) is 20.9 Å². The van der Waals surface area contributed by atoms with E-state index in [1.54, 1.807) is 11.3 Å². The molecule has 0 aliphatic carbocycles. The Morgan fingerprint density at radius 3 is 2.65 bits per heavy atom. The SMILES string of the molecule is CC(C)(C)C(=O)ON1CCC(c2nc(CCl)co2)CC1. The second kappa shape index (κ2) is 6.14. The molecule has 0 atom stereocenters. The van der Waals surface area contributed by atoms with E-state index in [9.17, 15) is 4.79 Å². The molecule has 2 heterocycles. The quantitative estimate of drug-likeness (QED) is 0.803. The van der Waals surface area contributed by atoms with Crippen LogP contribution in [0.5, 0.6) is 0 Å². The Morgan fingerprint density at radius 2 is 2.15 bits per heavy atom. The Labute approximate surface area is 124 Å². The number of aromatic nitrogens is 1. The molecule has 1 fully saturated rings. The molecule has 0 N–H and O–H groups in total. The number of halogens is 1. The molecule has 1 aliphatic rings. The fourth-order valence-corrected chi connectivity index (χ4v) is 2.14. The molecule has 5 nitrogen and oxygen atoms in total. The van der Waals surface area contributed by atoms with Crippen molar-refractivity contribution in [1.29, 1.82) is 0 Å². The summed E-state index contributed by atoms with van der Waals surface area (Å²) in [6.45, 7) is 6.95. The average Bonchev–Trinajstić information content (AvgIpc) is 2.87. The van der Waals surface area contributed by atoms with E-state index in [1.807, 2.05) is 20.8 Å². The summed E-state index contributed by atoms with van der Waals surface area (Å²) in [6, 6.07) is 0. The van der Waals surface area contributed by atoms with Gasteiger partial charge in [0.05, 0.1) is 17.0 Å². The number of oxazole rings is 1. The van der Waals surface area contributed by atoms with Gasteiger partial charge in [-0.05, 0) is 33.6 Å². The van der Waals surface area contributed by atoms with Crippen molar-refractivity contribution in [2.45, 2.75) is 45.4 Å². The first-order chi connectivity index (χ1) is 9.40. The van der Waals surface area contributed by atoms with Crippen molar-refractivity contribution in [1.82, 2.24) is 10.0 Å². The minimum absolute atomic E-state index is 0.198. The number of rotatable bonds is 3. The van der Waals surface area contributed by atoms with Crippen LogP contribution in [0.25, 0.3) is 0 Å². The zero-order valence-corrected chi connectivity index (χ0v) is 12.9. The van der Waals surface area contributed by atoms with Gasteiger partial charge in [-0.25, -0.2) is 9.78 Å². The van der Waals surface area contributed by atoms with Crippen molar-refractivity contribution in [3.8, 4) is 0 Å². The van der Waals surface area contributed by atoms with E-state index in [-0.39, 0.29) is 11.9 Å². The minimum Gasteiger partial charge on any atom is -0.448 e. The van der Waals surface area contributed by atoms with E-state index in [1.165, 1.54) is 0 Å². The van der Waals surface area contributed by atoms with Crippen molar-refractivity contribution in [2.24, 2.45) is 5.41 Å². The number of hydroxylamine groups is 2. The molecular formula is C14H21ClN2O3. The highest BCUT2D eigenvalue weighted by molar-refractivity contribution is 6.16. The highest BCUT2D eigenvalue weighted by Gasteiger charge is 2.30. The van der Waals surface area contributed by atoms with Crippen LogP contribution >= 0.6 is 11.6 Å². The van der Waals surface area contributed by atoms with E-state index in [0.717, 1.165) is 24.4 Å². The van der Waals surface area contributed by atoms with Gasteiger partial charge in [-0.2, -0.15) is 0 Å². The van der Waals surface area contributed by atoms with Crippen LogP contribution in [-0.2, 0) is 15.5 Å². The number of carbonyl (C=O) groups is 1. The summed E-state index contributed by atoms with van der Waals surface area (Å²) in [6.07, 6.45) is 3.33. The fraction of sp³-hybridized carbons (Fsp3) is 0.714. The summed E-state index contributed by atoms with van der Waals surface area (Å²) in [5, 5.41) is 1.73. The van der Waals surface area contributed by atoms with Gasteiger partial charge in [0.25, 0.3) is 0 Å². The third-order valence-electron chi connectivity index (χ3n) is 3.33.